The van der Waals surface area contributed by atoms with Gasteiger partial charge in [-0.1, -0.05) is 42.1 Å². The molecule has 1 aromatic carbocycles. The Morgan fingerprint density at radius 3 is 2.52 bits per heavy atom. The maximum Gasteiger partial charge on any atom is 0.159 e. The van der Waals surface area contributed by atoms with Crippen LogP contribution >= 0.6 is 23.2 Å². The molecule has 0 atom stereocenters. The number of nitrogens with zero attached hydrogens (tertiary/aromatic N) is 3. The second kappa shape index (κ2) is 7.23. The lowest BCUT2D eigenvalue weighted by Gasteiger charge is -2.23. The van der Waals surface area contributed by atoms with Crippen molar-refractivity contribution in [3.8, 4) is 0 Å². The standard InChI is InChI=1S/C16H19Cl2N5/c17-11-6-5-7-12(13(11)18)22-15-14(19)16(21-10-20-15)23-8-3-1-2-4-9-23/h5-7,10H,1-4,8-9,19H2,(H,20,21,22). The van der Waals surface area contributed by atoms with Crippen LogP contribution in [0.3, 0.4) is 0 Å². The van der Waals surface area contributed by atoms with Gasteiger partial charge in [0, 0.05) is 13.1 Å². The van der Waals surface area contributed by atoms with Crippen LogP contribution in [0.1, 0.15) is 25.7 Å². The van der Waals surface area contributed by atoms with Crippen molar-refractivity contribution in [2.45, 2.75) is 25.7 Å². The van der Waals surface area contributed by atoms with Gasteiger partial charge in [0.15, 0.2) is 11.6 Å². The number of hydrogen-bond acceptors (Lipinski definition) is 5. The molecule has 1 aliphatic heterocycles. The van der Waals surface area contributed by atoms with Crippen molar-refractivity contribution in [1.29, 1.82) is 0 Å². The fourth-order valence-electron chi connectivity index (χ4n) is 2.75. The summed E-state index contributed by atoms with van der Waals surface area (Å²) in [6, 6.07) is 5.39. The van der Waals surface area contributed by atoms with Crippen LogP contribution in [-0.2, 0) is 0 Å². The zero-order chi connectivity index (χ0) is 16.2. The molecule has 122 valence electrons. The quantitative estimate of drug-likeness (QED) is 0.852. The summed E-state index contributed by atoms with van der Waals surface area (Å²) in [6.45, 7) is 1.94. The molecule has 23 heavy (non-hydrogen) atoms. The summed E-state index contributed by atoms with van der Waals surface area (Å²) < 4.78 is 0. The van der Waals surface area contributed by atoms with Gasteiger partial charge in [-0.05, 0) is 25.0 Å². The van der Waals surface area contributed by atoms with Gasteiger partial charge in [-0.15, -0.1) is 0 Å². The molecule has 0 unspecified atom stereocenters. The molecule has 0 aliphatic carbocycles. The van der Waals surface area contributed by atoms with Crippen LogP contribution in [0.4, 0.5) is 23.0 Å². The molecule has 2 aromatic rings. The van der Waals surface area contributed by atoms with E-state index in [-0.39, 0.29) is 0 Å². The predicted molar refractivity (Wildman–Crippen MR) is 96.9 cm³/mol. The first kappa shape index (κ1) is 16.1. The first-order valence-electron chi connectivity index (χ1n) is 7.73. The van der Waals surface area contributed by atoms with Crippen LogP contribution in [0.5, 0.6) is 0 Å². The first-order valence-corrected chi connectivity index (χ1v) is 8.49. The number of halogens is 2. The SMILES string of the molecule is Nc1c(Nc2cccc(Cl)c2Cl)ncnc1N1CCCCCC1. The van der Waals surface area contributed by atoms with E-state index in [0.717, 1.165) is 31.7 Å². The predicted octanol–water partition coefficient (Wildman–Crippen LogP) is 4.49. The van der Waals surface area contributed by atoms with E-state index in [1.54, 1.807) is 6.07 Å². The third kappa shape index (κ3) is 3.62. The van der Waals surface area contributed by atoms with Crippen molar-refractivity contribution in [2.75, 3.05) is 29.0 Å². The third-order valence-corrected chi connectivity index (χ3v) is 4.79. The second-order valence-electron chi connectivity index (χ2n) is 5.59. The van der Waals surface area contributed by atoms with Gasteiger partial charge in [0.05, 0.1) is 15.7 Å². The van der Waals surface area contributed by atoms with Gasteiger partial charge < -0.3 is 16.0 Å². The Balaban J connectivity index is 1.88. The van der Waals surface area contributed by atoms with Crippen molar-refractivity contribution in [3.63, 3.8) is 0 Å². The number of hydrogen-bond donors (Lipinski definition) is 2. The number of rotatable bonds is 3. The number of anilines is 4. The normalized spacial score (nSPS) is 15.3. The number of nitrogens with one attached hydrogen (secondary N) is 1. The zero-order valence-corrected chi connectivity index (χ0v) is 14.2. The van der Waals surface area contributed by atoms with Crippen LogP contribution in [-0.4, -0.2) is 23.1 Å². The monoisotopic (exact) mass is 351 g/mol. The summed E-state index contributed by atoms with van der Waals surface area (Å²) in [7, 11) is 0. The van der Waals surface area contributed by atoms with Gasteiger partial charge in [0.25, 0.3) is 0 Å². The van der Waals surface area contributed by atoms with Crippen molar-refractivity contribution >= 4 is 46.2 Å². The van der Waals surface area contributed by atoms with Crippen LogP contribution < -0.4 is 16.0 Å². The molecule has 0 saturated carbocycles. The highest BCUT2D eigenvalue weighted by atomic mass is 35.5. The van der Waals surface area contributed by atoms with Crippen LogP contribution in [0, 0.1) is 0 Å². The highest BCUT2D eigenvalue weighted by molar-refractivity contribution is 6.43. The summed E-state index contributed by atoms with van der Waals surface area (Å²) >= 11 is 12.3. The summed E-state index contributed by atoms with van der Waals surface area (Å²) in [5, 5.41) is 4.09. The van der Waals surface area contributed by atoms with Gasteiger partial charge >= 0.3 is 0 Å². The molecule has 3 rings (SSSR count). The van der Waals surface area contributed by atoms with Gasteiger partial charge in [0.2, 0.25) is 0 Å². The average Bonchev–Trinajstić information content (AvgIpc) is 2.83. The minimum absolute atomic E-state index is 0.448. The molecular formula is C16H19Cl2N5. The number of nitrogens with two attached hydrogens (primary N) is 1. The molecule has 0 radical (unpaired) electrons. The Morgan fingerprint density at radius 2 is 1.78 bits per heavy atom. The average molecular weight is 352 g/mol. The molecule has 1 aliphatic rings. The van der Waals surface area contributed by atoms with E-state index >= 15 is 0 Å². The zero-order valence-electron chi connectivity index (χ0n) is 12.7. The van der Waals surface area contributed by atoms with Crippen molar-refractivity contribution < 1.29 is 0 Å². The molecule has 2 heterocycles. The highest BCUT2D eigenvalue weighted by Crippen LogP contribution is 2.34. The molecule has 0 bridgehead atoms. The Kier molecular flexibility index (Phi) is 5.08. The minimum Gasteiger partial charge on any atom is -0.393 e. The molecule has 1 aromatic heterocycles. The lowest BCUT2D eigenvalue weighted by atomic mass is 10.2. The topological polar surface area (TPSA) is 67.1 Å². The molecule has 0 spiro atoms. The minimum atomic E-state index is 0.448. The maximum absolute atomic E-state index is 6.30. The highest BCUT2D eigenvalue weighted by Gasteiger charge is 2.17. The largest absolute Gasteiger partial charge is 0.393 e. The Labute approximate surface area is 145 Å². The number of aromatic nitrogens is 2. The Bertz CT molecular complexity index is 684. The molecule has 1 fully saturated rings. The maximum atomic E-state index is 6.30. The summed E-state index contributed by atoms with van der Waals surface area (Å²) in [4.78, 5) is 10.9. The van der Waals surface area contributed by atoms with E-state index in [2.05, 4.69) is 20.2 Å². The molecule has 7 heteroatoms. The fraction of sp³-hybridized carbons (Fsp3) is 0.375. The lowest BCUT2D eigenvalue weighted by molar-refractivity contribution is 0.726. The number of benzene rings is 1. The summed E-state index contributed by atoms with van der Waals surface area (Å²) in [5.74, 6) is 1.32. The van der Waals surface area contributed by atoms with E-state index < -0.39 is 0 Å². The molecule has 5 nitrogen and oxygen atoms in total. The smallest absolute Gasteiger partial charge is 0.159 e. The van der Waals surface area contributed by atoms with Gasteiger partial charge in [-0.3, -0.25) is 0 Å². The molecular weight excluding hydrogens is 333 g/mol. The van der Waals surface area contributed by atoms with Crippen molar-refractivity contribution in [3.05, 3.63) is 34.6 Å². The van der Waals surface area contributed by atoms with E-state index in [4.69, 9.17) is 28.9 Å². The number of nitrogen functional groups attached to an aromatic ring is 1. The molecule has 0 amide bonds. The van der Waals surface area contributed by atoms with E-state index in [1.165, 1.54) is 19.2 Å². The van der Waals surface area contributed by atoms with Crippen LogP contribution in [0.25, 0.3) is 0 Å². The molecule has 3 N–H and O–H groups in total. The summed E-state index contributed by atoms with van der Waals surface area (Å²) in [6.07, 6.45) is 6.35. The fourth-order valence-corrected chi connectivity index (χ4v) is 3.10. The van der Waals surface area contributed by atoms with Gasteiger partial charge in [-0.25, -0.2) is 9.97 Å². The van der Waals surface area contributed by atoms with E-state index in [9.17, 15) is 0 Å². The Hall–Kier alpha value is -1.72. The first-order chi connectivity index (χ1) is 11.2. The van der Waals surface area contributed by atoms with Crippen LogP contribution in [0.2, 0.25) is 10.0 Å². The van der Waals surface area contributed by atoms with Crippen molar-refractivity contribution in [1.82, 2.24) is 9.97 Å². The van der Waals surface area contributed by atoms with E-state index in [0.29, 0.717) is 27.2 Å². The van der Waals surface area contributed by atoms with E-state index in [1.807, 2.05) is 12.1 Å². The third-order valence-electron chi connectivity index (χ3n) is 3.97. The van der Waals surface area contributed by atoms with Gasteiger partial charge in [-0.2, -0.15) is 0 Å². The second-order valence-corrected chi connectivity index (χ2v) is 6.37. The van der Waals surface area contributed by atoms with Crippen LogP contribution in [0.15, 0.2) is 24.5 Å². The van der Waals surface area contributed by atoms with Crippen molar-refractivity contribution in [2.24, 2.45) is 0 Å². The lowest BCUT2D eigenvalue weighted by Crippen LogP contribution is -2.26. The molecule has 1 saturated heterocycles. The van der Waals surface area contributed by atoms with Gasteiger partial charge in [0.1, 0.15) is 12.0 Å². The summed E-state index contributed by atoms with van der Waals surface area (Å²) in [5.41, 5.74) is 7.50. The Morgan fingerprint density at radius 1 is 1.04 bits per heavy atom.